The van der Waals surface area contributed by atoms with Crippen molar-refractivity contribution in [3.05, 3.63) is 23.7 Å². The third kappa shape index (κ3) is 3.31. The molecule has 17 heavy (non-hydrogen) atoms. The number of aliphatic hydroxyl groups is 1. The first-order valence-electron chi connectivity index (χ1n) is 5.96. The van der Waals surface area contributed by atoms with E-state index in [0.717, 1.165) is 31.7 Å². The highest BCUT2D eigenvalue weighted by Crippen LogP contribution is 2.08. The summed E-state index contributed by atoms with van der Waals surface area (Å²) in [7, 11) is 0. The van der Waals surface area contributed by atoms with Crippen molar-refractivity contribution in [3.63, 3.8) is 0 Å². The Morgan fingerprint density at radius 3 is 2.71 bits per heavy atom. The van der Waals surface area contributed by atoms with Gasteiger partial charge < -0.3 is 19.7 Å². The molecule has 1 aliphatic rings. The molecule has 2 N–H and O–H groups in total. The summed E-state index contributed by atoms with van der Waals surface area (Å²) in [5.41, 5.74) is 0. The highest BCUT2D eigenvalue weighted by Gasteiger charge is 2.17. The van der Waals surface area contributed by atoms with E-state index in [1.807, 2.05) is 4.90 Å². The first-order valence-corrected chi connectivity index (χ1v) is 5.96. The first kappa shape index (κ1) is 12.1. The minimum absolute atomic E-state index is 0.0906. The SMILES string of the molecule is O=C(CNCc1ccc(CO)o1)N1CCCC1. The Hall–Kier alpha value is -1.33. The highest BCUT2D eigenvalue weighted by molar-refractivity contribution is 5.78. The van der Waals surface area contributed by atoms with E-state index in [4.69, 9.17) is 9.52 Å². The van der Waals surface area contributed by atoms with Gasteiger partial charge in [-0.15, -0.1) is 0 Å². The number of hydrogen-bond donors (Lipinski definition) is 2. The molecule has 2 heterocycles. The molecular weight excluding hydrogens is 220 g/mol. The Labute approximate surface area is 100 Å². The predicted molar refractivity (Wildman–Crippen MR) is 62.2 cm³/mol. The number of nitrogens with zero attached hydrogens (tertiary/aromatic N) is 1. The fraction of sp³-hybridized carbons (Fsp3) is 0.583. The quantitative estimate of drug-likeness (QED) is 0.783. The molecule has 0 unspecified atom stereocenters. The second kappa shape index (κ2) is 5.84. The lowest BCUT2D eigenvalue weighted by Gasteiger charge is -2.15. The number of likely N-dealkylation sites (tertiary alicyclic amines) is 1. The number of hydrogen-bond acceptors (Lipinski definition) is 4. The van der Waals surface area contributed by atoms with Crippen molar-refractivity contribution >= 4 is 5.91 Å². The van der Waals surface area contributed by atoms with E-state index >= 15 is 0 Å². The van der Waals surface area contributed by atoms with Gasteiger partial charge in [-0.05, 0) is 25.0 Å². The second-order valence-electron chi connectivity index (χ2n) is 4.22. The minimum atomic E-state index is -0.0906. The Bertz CT molecular complexity index is 370. The number of rotatable bonds is 5. The molecule has 0 saturated carbocycles. The van der Waals surface area contributed by atoms with E-state index in [2.05, 4.69) is 5.32 Å². The van der Waals surface area contributed by atoms with Crippen LogP contribution in [0.1, 0.15) is 24.4 Å². The van der Waals surface area contributed by atoms with Crippen LogP contribution in [0.4, 0.5) is 0 Å². The van der Waals surface area contributed by atoms with E-state index in [0.29, 0.717) is 18.8 Å². The van der Waals surface area contributed by atoms with Gasteiger partial charge in [-0.25, -0.2) is 0 Å². The summed E-state index contributed by atoms with van der Waals surface area (Å²) in [5, 5.41) is 11.9. The Morgan fingerprint density at radius 1 is 1.35 bits per heavy atom. The molecule has 2 rings (SSSR count). The fourth-order valence-electron chi connectivity index (χ4n) is 1.97. The third-order valence-corrected chi connectivity index (χ3v) is 2.91. The van der Waals surface area contributed by atoms with Crippen molar-refractivity contribution in [2.45, 2.75) is 26.0 Å². The largest absolute Gasteiger partial charge is 0.462 e. The first-order chi connectivity index (χ1) is 8.29. The van der Waals surface area contributed by atoms with E-state index in [-0.39, 0.29) is 12.5 Å². The summed E-state index contributed by atoms with van der Waals surface area (Å²) >= 11 is 0. The molecule has 1 fully saturated rings. The predicted octanol–water partition coefficient (Wildman–Crippen LogP) is 0.484. The Balaban J connectivity index is 1.69. The van der Waals surface area contributed by atoms with Gasteiger partial charge in [0.2, 0.25) is 5.91 Å². The van der Waals surface area contributed by atoms with Crippen LogP contribution in [-0.2, 0) is 17.9 Å². The molecule has 5 heteroatoms. The average molecular weight is 238 g/mol. The second-order valence-corrected chi connectivity index (χ2v) is 4.22. The van der Waals surface area contributed by atoms with E-state index in [1.54, 1.807) is 12.1 Å². The van der Waals surface area contributed by atoms with Crippen LogP contribution < -0.4 is 5.32 Å². The van der Waals surface area contributed by atoms with Crippen LogP contribution in [0.5, 0.6) is 0 Å². The number of carbonyl (C=O) groups is 1. The van der Waals surface area contributed by atoms with Crippen molar-refractivity contribution in [2.75, 3.05) is 19.6 Å². The van der Waals surface area contributed by atoms with Gasteiger partial charge in [-0.1, -0.05) is 0 Å². The lowest BCUT2D eigenvalue weighted by Crippen LogP contribution is -2.35. The van der Waals surface area contributed by atoms with E-state index in [1.165, 1.54) is 0 Å². The van der Waals surface area contributed by atoms with Crippen molar-refractivity contribution in [1.29, 1.82) is 0 Å². The van der Waals surface area contributed by atoms with Crippen LogP contribution in [0.3, 0.4) is 0 Å². The molecule has 1 aromatic heterocycles. The van der Waals surface area contributed by atoms with Gasteiger partial charge in [0, 0.05) is 13.1 Å². The van der Waals surface area contributed by atoms with Crippen LogP contribution in [-0.4, -0.2) is 35.5 Å². The van der Waals surface area contributed by atoms with E-state index < -0.39 is 0 Å². The summed E-state index contributed by atoms with van der Waals surface area (Å²) in [4.78, 5) is 13.6. The molecule has 0 radical (unpaired) electrons. The maximum absolute atomic E-state index is 11.7. The highest BCUT2D eigenvalue weighted by atomic mass is 16.4. The van der Waals surface area contributed by atoms with Gasteiger partial charge in [-0.2, -0.15) is 0 Å². The van der Waals surface area contributed by atoms with Gasteiger partial charge in [0.1, 0.15) is 18.1 Å². The summed E-state index contributed by atoms with van der Waals surface area (Å²) in [6, 6.07) is 3.54. The van der Waals surface area contributed by atoms with E-state index in [9.17, 15) is 4.79 Å². The molecule has 1 saturated heterocycles. The standard InChI is InChI=1S/C12H18N2O3/c15-9-11-4-3-10(17-11)7-13-8-12(16)14-5-1-2-6-14/h3-4,13,15H,1-2,5-9H2. The monoisotopic (exact) mass is 238 g/mol. The normalized spacial score (nSPS) is 15.5. The lowest BCUT2D eigenvalue weighted by atomic mass is 10.4. The number of aliphatic hydroxyl groups excluding tert-OH is 1. The minimum Gasteiger partial charge on any atom is -0.462 e. The Morgan fingerprint density at radius 2 is 2.06 bits per heavy atom. The fourth-order valence-corrected chi connectivity index (χ4v) is 1.97. The summed E-state index contributed by atoms with van der Waals surface area (Å²) < 4.78 is 5.30. The van der Waals surface area contributed by atoms with Gasteiger partial charge in [0.05, 0.1) is 13.1 Å². The number of nitrogens with one attached hydrogen (secondary N) is 1. The van der Waals surface area contributed by atoms with Crippen molar-refractivity contribution in [3.8, 4) is 0 Å². The Kier molecular flexibility index (Phi) is 4.17. The molecule has 1 aromatic rings. The molecule has 0 aliphatic carbocycles. The summed E-state index contributed by atoms with van der Waals surface area (Å²) in [6.07, 6.45) is 2.23. The summed E-state index contributed by atoms with van der Waals surface area (Å²) in [6.45, 7) is 2.54. The zero-order valence-electron chi connectivity index (χ0n) is 9.82. The maximum Gasteiger partial charge on any atom is 0.236 e. The van der Waals surface area contributed by atoms with Gasteiger partial charge >= 0.3 is 0 Å². The number of furan rings is 1. The third-order valence-electron chi connectivity index (χ3n) is 2.91. The van der Waals surface area contributed by atoms with Crippen LogP contribution in [0.15, 0.2) is 16.5 Å². The maximum atomic E-state index is 11.7. The molecule has 0 aromatic carbocycles. The molecule has 0 atom stereocenters. The van der Waals surface area contributed by atoms with Crippen LogP contribution in [0, 0.1) is 0 Å². The van der Waals surface area contributed by atoms with Crippen molar-refractivity contribution < 1.29 is 14.3 Å². The molecule has 94 valence electrons. The summed E-state index contributed by atoms with van der Waals surface area (Å²) in [5.74, 6) is 1.44. The topological polar surface area (TPSA) is 65.7 Å². The van der Waals surface area contributed by atoms with Gasteiger partial charge in [0.15, 0.2) is 0 Å². The zero-order chi connectivity index (χ0) is 12.1. The molecule has 0 bridgehead atoms. The van der Waals surface area contributed by atoms with Crippen LogP contribution in [0.25, 0.3) is 0 Å². The van der Waals surface area contributed by atoms with Crippen LogP contribution in [0.2, 0.25) is 0 Å². The van der Waals surface area contributed by atoms with Crippen LogP contribution >= 0.6 is 0 Å². The molecule has 0 spiro atoms. The van der Waals surface area contributed by atoms with Crippen molar-refractivity contribution in [1.82, 2.24) is 10.2 Å². The lowest BCUT2D eigenvalue weighted by molar-refractivity contribution is -0.129. The smallest absolute Gasteiger partial charge is 0.236 e. The molecule has 5 nitrogen and oxygen atoms in total. The average Bonchev–Trinajstić information content (AvgIpc) is 3.00. The zero-order valence-corrected chi connectivity index (χ0v) is 9.82. The van der Waals surface area contributed by atoms with Crippen molar-refractivity contribution in [2.24, 2.45) is 0 Å². The molecule has 1 aliphatic heterocycles. The van der Waals surface area contributed by atoms with Gasteiger partial charge in [0.25, 0.3) is 0 Å². The number of amides is 1. The molecular formula is C12H18N2O3. The number of carbonyl (C=O) groups excluding carboxylic acids is 1. The molecule has 1 amide bonds. The van der Waals surface area contributed by atoms with Gasteiger partial charge in [-0.3, -0.25) is 4.79 Å².